The first-order chi connectivity index (χ1) is 33.0. The minimum atomic E-state index is -1.03. The maximum atomic E-state index is 14.5. The van der Waals surface area contributed by atoms with Crippen LogP contribution in [0.2, 0.25) is 0 Å². The van der Waals surface area contributed by atoms with E-state index in [0.717, 1.165) is 36.6 Å². The van der Waals surface area contributed by atoms with Crippen LogP contribution in [0.15, 0.2) is 60.7 Å². The Kier molecular flexibility index (Phi) is 17.7. The SMILES string of the molecule is CC(=O)OCOC(=O)Cc1ccc(O)cc1F.CC(=O)OCOC(=O)Cc1ccc(OC(=O)c2cc(C#N)c3c(c2)C(C)(C)CC(C)(C)O3)cc1F.CC1(C)CC(C)(C)c2cc(C(=O)O)cc(C#N)c2O1. The first-order valence-corrected chi connectivity index (χ1v) is 21.8. The van der Waals surface area contributed by atoms with Crippen LogP contribution in [-0.2, 0) is 61.8 Å². The second-order valence-electron chi connectivity index (χ2n) is 19.0. The lowest BCUT2D eigenvalue weighted by Gasteiger charge is -2.42. The molecule has 0 saturated heterocycles. The summed E-state index contributed by atoms with van der Waals surface area (Å²) in [6, 6.07) is 17.2. The van der Waals surface area contributed by atoms with Crippen LogP contribution in [-0.4, -0.2) is 70.8 Å². The summed E-state index contributed by atoms with van der Waals surface area (Å²) in [7, 11) is 0. The molecule has 0 bridgehead atoms. The third-order valence-electron chi connectivity index (χ3n) is 10.8. The maximum Gasteiger partial charge on any atom is 0.343 e. The Hall–Kier alpha value is -8.06. The molecule has 0 spiro atoms. The lowest BCUT2D eigenvalue weighted by Crippen LogP contribution is -2.41. The first-order valence-electron chi connectivity index (χ1n) is 21.8. The monoisotopic (exact) mass is 984 g/mol. The summed E-state index contributed by atoms with van der Waals surface area (Å²) in [5.74, 6) is -5.31. The van der Waals surface area contributed by atoms with Gasteiger partial charge in [-0.2, -0.15) is 10.5 Å². The van der Waals surface area contributed by atoms with Gasteiger partial charge in [0.15, 0.2) is 0 Å². The van der Waals surface area contributed by atoms with Gasteiger partial charge in [-0.05, 0) is 98.9 Å². The molecule has 6 rings (SSSR count). The highest BCUT2D eigenvalue weighted by atomic mass is 19.1. The van der Waals surface area contributed by atoms with E-state index in [1.54, 1.807) is 12.1 Å². The number of benzene rings is 4. The van der Waals surface area contributed by atoms with E-state index in [9.17, 15) is 48.1 Å². The number of carbonyl (C=O) groups is 6. The number of nitriles is 2. The van der Waals surface area contributed by atoms with Gasteiger partial charge in [0.05, 0.1) is 35.1 Å². The highest BCUT2D eigenvalue weighted by Crippen LogP contribution is 2.48. The van der Waals surface area contributed by atoms with Crippen LogP contribution >= 0.6 is 0 Å². The van der Waals surface area contributed by atoms with E-state index in [-0.39, 0.29) is 67.7 Å². The predicted molar refractivity (Wildman–Crippen MR) is 246 cm³/mol. The number of hydrogen-bond acceptors (Lipinski definition) is 16. The molecule has 0 unspecified atom stereocenters. The fourth-order valence-corrected chi connectivity index (χ4v) is 8.18. The van der Waals surface area contributed by atoms with E-state index in [0.29, 0.717) is 17.9 Å². The number of ether oxygens (including phenoxy) is 7. The summed E-state index contributed by atoms with van der Waals surface area (Å²) in [5, 5.41) is 37.0. The summed E-state index contributed by atoms with van der Waals surface area (Å²) in [4.78, 5) is 68.0. The number of halogens is 2. The van der Waals surface area contributed by atoms with Gasteiger partial charge in [-0.25, -0.2) is 18.4 Å². The van der Waals surface area contributed by atoms with Crippen molar-refractivity contribution < 1.29 is 80.9 Å². The van der Waals surface area contributed by atoms with E-state index in [2.05, 4.69) is 20.3 Å². The molecule has 0 radical (unpaired) electrons. The number of aromatic hydroxyl groups is 1. The van der Waals surface area contributed by atoms with Gasteiger partial charge in [0.25, 0.3) is 0 Å². The molecule has 2 heterocycles. The Labute approximate surface area is 408 Å². The van der Waals surface area contributed by atoms with Crippen molar-refractivity contribution in [1.82, 2.24) is 0 Å². The number of carbonyl (C=O) groups excluding carboxylic acids is 5. The topological polar surface area (TPSA) is 255 Å². The summed E-state index contributed by atoms with van der Waals surface area (Å²) in [6.07, 6.45) is 0.740. The second kappa shape index (κ2) is 22.6. The van der Waals surface area contributed by atoms with Crippen LogP contribution in [0.25, 0.3) is 0 Å². The normalized spacial score (nSPS) is 14.8. The summed E-state index contributed by atoms with van der Waals surface area (Å²) < 4.78 is 63.1. The zero-order chi connectivity index (χ0) is 53.2. The number of nitrogens with zero attached hydrogens (tertiary/aromatic N) is 2. The van der Waals surface area contributed by atoms with Crippen molar-refractivity contribution >= 4 is 35.8 Å². The van der Waals surface area contributed by atoms with Crippen LogP contribution in [0, 0.1) is 34.3 Å². The number of carboxylic acids is 1. The Morgan fingerprint density at radius 2 is 1.04 bits per heavy atom. The highest BCUT2D eigenvalue weighted by Gasteiger charge is 2.42. The Morgan fingerprint density at radius 1 is 0.620 bits per heavy atom. The van der Waals surface area contributed by atoms with E-state index < -0.39 is 73.1 Å². The van der Waals surface area contributed by atoms with Gasteiger partial charge in [0, 0.05) is 37.1 Å². The molecule has 71 heavy (non-hydrogen) atoms. The van der Waals surface area contributed by atoms with E-state index in [1.807, 2.05) is 61.5 Å². The number of phenols is 1. The summed E-state index contributed by atoms with van der Waals surface area (Å²) in [5.41, 5.74) is 0.950. The van der Waals surface area contributed by atoms with Crippen molar-refractivity contribution in [3.63, 3.8) is 0 Å². The molecule has 376 valence electrons. The molecule has 17 nitrogen and oxygen atoms in total. The maximum absolute atomic E-state index is 14.5. The van der Waals surface area contributed by atoms with Crippen molar-refractivity contribution in [3.8, 4) is 35.1 Å². The van der Waals surface area contributed by atoms with Crippen LogP contribution in [0.4, 0.5) is 8.78 Å². The molecular formula is C52H54F2N2O15. The van der Waals surface area contributed by atoms with Crippen LogP contribution in [0.1, 0.15) is 136 Å². The lowest BCUT2D eigenvalue weighted by atomic mass is 9.72. The number of carboxylic acid groups (broad SMARTS) is 1. The molecule has 2 aliphatic rings. The number of fused-ring (bicyclic) bond motifs is 2. The molecule has 0 saturated carbocycles. The van der Waals surface area contributed by atoms with Crippen LogP contribution in [0.5, 0.6) is 23.0 Å². The molecule has 19 heteroatoms. The third-order valence-corrected chi connectivity index (χ3v) is 10.8. The van der Waals surface area contributed by atoms with Gasteiger partial charge in [0.1, 0.15) is 58.0 Å². The molecule has 4 aromatic carbocycles. The molecule has 0 amide bonds. The standard InChI is InChI=1S/C26H26FNO7.C15H17NO3.C11H11FO5/c1-15(29)32-14-33-22(30)10-16-6-7-19(11-21(16)27)34-24(31)17-8-18(12-28)23-20(9-17)25(2,3)13-26(4,5)35-23;1-14(2)8-15(3,4)19-12-10(7-16)5-9(13(17)18)6-11(12)14;1-7(13)16-6-17-11(15)4-8-2-3-9(14)5-10(8)12/h6-9,11H,10,13-14H2,1-5H3;5-6H,8H2,1-4H3,(H,17,18);2-3,5,14H,4,6H2,1H3. The molecule has 2 N–H and O–H groups in total. The second-order valence-corrected chi connectivity index (χ2v) is 19.0. The van der Waals surface area contributed by atoms with Gasteiger partial charge in [0.2, 0.25) is 13.6 Å². The van der Waals surface area contributed by atoms with Gasteiger partial charge < -0.3 is 43.4 Å². The molecule has 0 aromatic heterocycles. The average molecular weight is 985 g/mol. The first kappa shape index (κ1) is 55.5. The van der Waals surface area contributed by atoms with Gasteiger partial charge in [-0.15, -0.1) is 0 Å². The Morgan fingerprint density at radius 3 is 1.45 bits per heavy atom. The van der Waals surface area contributed by atoms with E-state index in [4.69, 9.17) is 29.2 Å². The number of phenolic OH excluding ortho intramolecular Hbond substituents is 1. The minimum Gasteiger partial charge on any atom is -0.508 e. The van der Waals surface area contributed by atoms with Crippen molar-refractivity contribution in [3.05, 3.63) is 117 Å². The Balaban J connectivity index is 0.000000256. The molecule has 0 fully saturated rings. The van der Waals surface area contributed by atoms with E-state index in [1.165, 1.54) is 43.3 Å². The molecule has 0 atom stereocenters. The van der Waals surface area contributed by atoms with E-state index >= 15 is 0 Å². The average Bonchev–Trinajstić information content (AvgIpc) is 3.24. The number of rotatable bonds is 11. The van der Waals surface area contributed by atoms with Crippen LogP contribution < -0.4 is 14.2 Å². The lowest BCUT2D eigenvalue weighted by molar-refractivity contribution is -0.167. The van der Waals surface area contributed by atoms with Crippen molar-refractivity contribution in [1.29, 1.82) is 10.5 Å². The molecule has 2 aliphatic heterocycles. The quantitative estimate of drug-likeness (QED) is 0.0810. The number of aromatic carboxylic acids is 1. The summed E-state index contributed by atoms with van der Waals surface area (Å²) in [6.45, 7) is 17.2. The van der Waals surface area contributed by atoms with Crippen molar-refractivity contribution in [2.75, 3.05) is 13.6 Å². The van der Waals surface area contributed by atoms with Gasteiger partial charge in [-0.3, -0.25) is 19.2 Å². The third kappa shape index (κ3) is 15.5. The highest BCUT2D eigenvalue weighted by molar-refractivity contribution is 5.92. The largest absolute Gasteiger partial charge is 0.508 e. The predicted octanol–water partition coefficient (Wildman–Crippen LogP) is 8.59. The molecule has 4 aromatic rings. The minimum absolute atomic E-state index is 0.0136. The Bertz CT molecular complexity index is 2820. The summed E-state index contributed by atoms with van der Waals surface area (Å²) >= 11 is 0. The molecule has 0 aliphatic carbocycles. The molecular weight excluding hydrogens is 931 g/mol. The van der Waals surface area contributed by atoms with Crippen molar-refractivity contribution in [2.45, 2.75) is 117 Å². The zero-order valence-corrected chi connectivity index (χ0v) is 40.9. The van der Waals surface area contributed by atoms with Crippen molar-refractivity contribution in [2.24, 2.45) is 0 Å². The number of esters is 5. The van der Waals surface area contributed by atoms with Crippen LogP contribution in [0.3, 0.4) is 0 Å². The van der Waals surface area contributed by atoms with Gasteiger partial charge >= 0.3 is 35.8 Å². The fourth-order valence-electron chi connectivity index (χ4n) is 8.18. The fraction of sp³-hybridized carbons (Fsp3) is 0.385. The zero-order valence-electron chi connectivity index (χ0n) is 40.9. The smallest absolute Gasteiger partial charge is 0.343 e. The van der Waals surface area contributed by atoms with Gasteiger partial charge in [-0.1, -0.05) is 39.8 Å². The number of hydrogen-bond donors (Lipinski definition) is 2.